The third kappa shape index (κ3) is 3.87. The van der Waals surface area contributed by atoms with E-state index in [1.165, 1.54) is 25.9 Å². The number of rotatable bonds is 5. The van der Waals surface area contributed by atoms with Crippen LogP contribution in [0.3, 0.4) is 0 Å². The molecule has 1 N–H and O–H groups in total. The van der Waals surface area contributed by atoms with Gasteiger partial charge in [-0.3, -0.25) is 0 Å². The van der Waals surface area contributed by atoms with Crippen molar-refractivity contribution in [2.24, 2.45) is 0 Å². The first kappa shape index (κ1) is 15.6. The van der Waals surface area contributed by atoms with Crippen LogP contribution in [0, 0.1) is 0 Å². The third-order valence-electron chi connectivity index (χ3n) is 4.12. The maximum atomic E-state index is 6.26. The van der Waals surface area contributed by atoms with Crippen LogP contribution in [-0.2, 0) is 6.54 Å². The number of nitrogens with one attached hydrogen (secondary N) is 1. The van der Waals surface area contributed by atoms with Crippen LogP contribution in [0.2, 0.25) is 5.02 Å². The summed E-state index contributed by atoms with van der Waals surface area (Å²) in [5, 5.41) is 4.40. The van der Waals surface area contributed by atoms with Crippen molar-refractivity contribution in [1.82, 2.24) is 10.2 Å². The van der Waals surface area contributed by atoms with Gasteiger partial charge in [0.2, 0.25) is 0 Å². The average Bonchev–Trinajstić information content (AvgIpc) is 2.46. The standard InChI is InChI=1S/C16H25ClN2O/c1-12(2)19-9-7-13(8-10-19)18-11-14-15(17)5-4-6-16(14)20-3/h4-6,12-13,18H,7-11H2,1-3H3. The van der Waals surface area contributed by atoms with E-state index in [0.717, 1.165) is 22.9 Å². The van der Waals surface area contributed by atoms with Crippen LogP contribution in [-0.4, -0.2) is 37.2 Å². The second-order valence-corrected chi connectivity index (χ2v) is 6.11. The number of piperidine rings is 1. The molecule has 1 saturated heterocycles. The first-order valence-corrected chi connectivity index (χ1v) is 7.78. The molecular weight excluding hydrogens is 272 g/mol. The lowest BCUT2D eigenvalue weighted by Crippen LogP contribution is -2.44. The smallest absolute Gasteiger partial charge is 0.124 e. The predicted molar refractivity (Wildman–Crippen MR) is 84.6 cm³/mol. The molecule has 3 nitrogen and oxygen atoms in total. The molecule has 0 spiro atoms. The Balaban J connectivity index is 1.88. The number of methoxy groups -OCH3 is 1. The summed E-state index contributed by atoms with van der Waals surface area (Å²) in [7, 11) is 1.69. The van der Waals surface area contributed by atoms with Gasteiger partial charge in [0, 0.05) is 29.2 Å². The van der Waals surface area contributed by atoms with Crippen LogP contribution in [0.4, 0.5) is 0 Å². The molecule has 0 aliphatic carbocycles. The van der Waals surface area contributed by atoms with Crippen molar-refractivity contribution in [3.63, 3.8) is 0 Å². The van der Waals surface area contributed by atoms with Crippen molar-refractivity contribution in [1.29, 1.82) is 0 Å². The molecule has 0 atom stereocenters. The summed E-state index contributed by atoms with van der Waals surface area (Å²) in [5.74, 6) is 0.865. The zero-order valence-corrected chi connectivity index (χ0v) is 13.4. The van der Waals surface area contributed by atoms with Gasteiger partial charge in [0.15, 0.2) is 0 Å². The fraction of sp³-hybridized carbons (Fsp3) is 0.625. The van der Waals surface area contributed by atoms with Crippen LogP contribution in [0.5, 0.6) is 5.75 Å². The van der Waals surface area contributed by atoms with E-state index in [4.69, 9.17) is 16.3 Å². The largest absolute Gasteiger partial charge is 0.496 e. The number of ether oxygens (including phenoxy) is 1. The highest BCUT2D eigenvalue weighted by Crippen LogP contribution is 2.26. The lowest BCUT2D eigenvalue weighted by Gasteiger charge is -2.35. The first-order chi connectivity index (χ1) is 9.61. The monoisotopic (exact) mass is 296 g/mol. The zero-order valence-electron chi connectivity index (χ0n) is 12.7. The lowest BCUT2D eigenvalue weighted by molar-refractivity contribution is 0.160. The van der Waals surface area contributed by atoms with Gasteiger partial charge in [0.05, 0.1) is 7.11 Å². The van der Waals surface area contributed by atoms with E-state index in [1.54, 1.807) is 7.11 Å². The maximum Gasteiger partial charge on any atom is 0.124 e. The minimum atomic E-state index is 0.575. The van der Waals surface area contributed by atoms with Crippen LogP contribution < -0.4 is 10.1 Å². The van der Waals surface area contributed by atoms with Gasteiger partial charge in [-0.1, -0.05) is 17.7 Å². The molecule has 0 saturated carbocycles. The number of hydrogen-bond acceptors (Lipinski definition) is 3. The number of nitrogens with zero attached hydrogens (tertiary/aromatic N) is 1. The highest BCUT2D eigenvalue weighted by Gasteiger charge is 2.20. The molecule has 0 amide bonds. The summed E-state index contributed by atoms with van der Waals surface area (Å²) >= 11 is 6.26. The predicted octanol–water partition coefficient (Wildman–Crippen LogP) is 3.31. The Morgan fingerprint density at radius 2 is 2.05 bits per heavy atom. The highest BCUT2D eigenvalue weighted by atomic mass is 35.5. The zero-order chi connectivity index (χ0) is 14.5. The molecule has 0 bridgehead atoms. The second-order valence-electron chi connectivity index (χ2n) is 5.71. The molecule has 1 heterocycles. The molecule has 20 heavy (non-hydrogen) atoms. The molecular formula is C16H25ClN2O. The van der Waals surface area contributed by atoms with Gasteiger partial charge in [0.25, 0.3) is 0 Å². The Morgan fingerprint density at radius 1 is 1.35 bits per heavy atom. The average molecular weight is 297 g/mol. The van der Waals surface area contributed by atoms with Crippen molar-refractivity contribution in [3.8, 4) is 5.75 Å². The van der Waals surface area contributed by atoms with Gasteiger partial charge in [-0.25, -0.2) is 0 Å². The van der Waals surface area contributed by atoms with Crippen molar-refractivity contribution in [3.05, 3.63) is 28.8 Å². The van der Waals surface area contributed by atoms with E-state index in [1.807, 2.05) is 18.2 Å². The van der Waals surface area contributed by atoms with Crippen molar-refractivity contribution in [2.45, 2.75) is 45.3 Å². The molecule has 1 aromatic rings. The summed E-state index contributed by atoms with van der Waals surface area (Å²) < 4.78 is 5.38. The van der Waals surface area contributed by atoms with Gasteiger partial charge >= 0.3 is 0 Å². The summed E-state index contributed by atoms with van der Waals surface area (Å²) in [6.07, 6.45) is 2.40. The molecule has 2 rings (SSSR count). The molecule has 0 aromatic heterocycles. The third-order valence-corrected chi connectivity index (χ3v) is 4.48. The number of halogens is 1. The van der Waals surface area contributed by atoms with E-state index in [9.17, 15) is 0 Å². The normalized spacial score (nSPS) is 17.6. The van der Waals surface area contributed by atoms with E-state index in [-0.39, 0.29) is 0 Å². The number of likely N-dealkylation sites (tertiary alicyclic amines) is 1. The topological polar surface area (TPSA) is 24.5 Å². The molecule has 1 aliphatic rings. The minimum absolute atomic E-state index is 0.575. The van der Waals surface area contributed by atoms with E-state index in [2.05, 4.69) is 24.1 Å². The van der Waals surface area contributed by atoms with Crippen molar-refractivity contribution < 1.29 is 4.74 Å². The SMILES string of the molecule is COc1cccc(Cl)c1CNC1CCN(C(C)C)CC1. The molecule has 112 valence electrons. The summed E-state index contributed by atoms with van der Waals surface area (Å²) in [6, 6.07) is 7.03. The van der Waals surface area contributed by atoms with Crippen LogP contribution >= 0.6 is 11.6 Å². The van der Waals surface area contributed by atoms with Gasteiger partial charge < -0.3 is 15.0 Å². The van der Waals surface area contributed by atoms with Crippen LogP contribution in [0.1, 0.15) is 32.3 Å². The van der Waals surface area contributed by atoms with E-state index in [0.29, 0.717) is 12.1 Å². The Kier molecular flexibility index (Phi) is 5.70. The Bertz CT molecular complexity index is 428. The first-order valence-electron chi connectivity index (χ1n) is 7.40. The van der Waals surface area contributed by atoms with Crippen LogP contribution in [0.25, 0.3) is 0 Å². The minimum Gasteiger partial charge on any atom is -0.496 e. The molecule has 0 unspecified atom stereocenters. The fourth-order valence-electron chi connectivity index (χ4n) is 2.77. The second kappa shape index (κ2) is 7.30. The van der Waals surface area contributed by atoms with E-state index < -0.39 is 0 Å². The molecule has 1 aliphatic heterocycles. The Morgan fingerprint density at radius 3 is 2.65 bits per heavy atom. The fourth-order valence-corrected chi connectivity index (χ4v) is 3.00. The number of hydrogen-bond donors (Lipinski definition) is 1. The molecule has 1 fully saturated rings. The Labute approximate surface area is 127 Å². The van der Waals surface area contributed by atoms with Gasteiger partial charge in [-0.05, 0) is 51.9 Å². The van der Waals surface area contributed by atoms with Gasteiger partial charge in [-0.2, -0.15) is 0 Å². The van der Waals surface area contributed by atoms with Gasteiger partial charge in [-0.15, -0.1) is 0 Å². The molecule has 4 heteroatoms. The quantitative estimate of drug-likeness (QED) is 0.902. The summed E-state index contributed by atoms with van der Waals surface area (Å²) in [4.78, 5) is 2.54. The van der Waals surface area contributed by atoms with Crippen molar-refractivity contribution in [2.75, 3.05) is 20.2 Å². The molecule has 1 aromatic carbocycles. The summed E-state index contributed by atoms with van der Waals surface area (Å²) in [6.45, 7) is 7.66. The maximum absolute atomic E-state index is 6.26. The lowest BCUT2D eigenvalue weighted by atomic mass is 10.0. The van der Waals surface area contributed by atoms with E-state index >= 15 is 0 Å². The Hall–Kier alpha value is -0.770. The van der Waals surface area contributed by atoms with Gasteiger partial charge in [0.1, 0.15) is 5.75 Å². The summed E-state index contributed by atoms with van der Waals surface area (Å²) in [5.41, 5.74) is 1.06. The van der Waals surface area contributed by atoms with Crippen molar-refractivity contribution >= 4 is 11.6 Å². The van der Waals surface area contributed by atoms with Crippen LogP contribution in [0.15, 0.2) is 18.2 Å². The number of benzene rings is 1. The molecule has 0 radical (unpaired) electrons. The highest BCUT2D eigenvalue weighted by molar-refractivity contribution is 6.31.